The first kappa shape index (κ1) is 11.5. The molecule has 0 radical (unpaired) electrons. The summed E-state index contributed by atoms with van der Waals surface area (Å²) < 4.78 is 5.53. The summed E-state index contributed by atoms with van der Waals surface area (Å²) in [6.07, 6.45) is 1.62. The van der Waals surface area contributed by atoms with E-state index in [9.17, 15) is 0 Å². The molecule has 3 nitrogen and oxygen atoms in total. The third kappa shape index (κ3) is 2.21. The van der Waals surface area contributed by atoms with Gasteiger partial charge in [-0.2, -0.15) is 0 Å². The molecule has 0 aliphatic rings. The summed E-state index contributed by atoms with van der Waals surface area (Å²) in [5.41, 5.74) is 0.681. The maximum Gasteiger partial charge on any atom is 0.208 e. The highest BCUT2D eigenvalue weighted by Gasteiger charge is 2.12. The Kier molecular flexibility index (Phi) is 3.49. The summed E-state index contributed by atoms with van der Waals surface area (Å²) >= 11 is 12.1. The molecule has 0 unspecified atom stereocenters. The van der Waals surface area contributed by atoms with Crippen LogP contribution in [0.25, 0.3) is 11.3 Å². The molecule has 1 heterocycles. The van der Waals surface area contributed by atoms with Crippen molar-refractivity contribution in [3.05, 3.63) is 40.3 Å². The van der Waals surface area contributed by atoms with Crippen molar-refractivity contribution in [2.45, 2.75) is 6.54 Å². The van der Waals surface area contributed by atoms with Gasteiger partial charge < -0.3 is 9.73 Å². The average Bonchev–Trinajstić information content (AvgIpc) is 2.67. The van der Waals surface area contributed by atoms with Crippen molar-refractivity contribution >= 4 is 23.2 Å². The number of hydrogen-bond donors (Lipinski definition) is 1. The summed E-state index contributed by atoms with van der Waals surface area (Å²) in [4.78, 5) is 4.12. The topological polar surface area (TPSA) is 38.1 Å². The van der Waals surface area contributed by atoms with Gasteiger partial charge >= 0.3 is 0 Å². The van der Waals surface area contributed by atoms with Crippen LogP contribution >= 0.6 is 23.2 Å². The second-order valence-electron chi connectivity index (χ2n) is 3.25. The number of halogens is 2. The van der Waals surface area contributed by atoms with E-state index < -0.39 is 0 Å². The summed E-state index contributed by atoms with van der Waals surface area (Å²) in [6, 6.07) is 5.32. The molecular weight excluding hydrogens is 247 g/mol. The standard InChI is InChI=1S/C11H10Cl2N2O/c1-14-6-10-15-5-9(16-10)11-7(12)3-2-4-8(11)13/h2-5,14H,6H2,1H3. The third-order valence-electron chi connectivity index (χ3n) is 2.09. The van der Waals surface area contributed by atoms with Crippen LogP contribution in [-0.2, 0) is 6.54 Å². The molecule has 1 aromatic carbocycles. The van der Waals surface area contributed by atoms with Crippen molar-refractivity contribution < 1.29 is 4.42 Å². The molecule has 84 valence electrons. The number of nitrogens with zero attached hydrogens (tertiary/aromatic N) is 1. The number of aromatic nitrogens is 1. The Hall–Kier alpha value is -1.03. The maximum absolute atomic E-state index is 6.06. The molecular formula is C11H10Cl2N2O. The highest BCUT2D eigenvalue weighted by Crippen LogP contribution is 2.34. The first-order chi connectivity index (χ1) is 7.72. The number of nitrogens with one attached hydrogen (secondary N) is 1. The molecule has 0 atom stereocenters. The van der Waals surface area contributed by atoms with Crippen LogP contribution in [0.4, 0.5) is 0 Å². The second-order valence-corrected chi connectivity index (χ2v) is 4.06. The molecule has 5 heteroatoms. The van der Waals surface area contributed by atoms with Gasteiger partial charge in [0.25, 0.3) is 0 Å². The SMILES string of the molecule is CNCc1ncc(-c2c(Cl)cccc2Cl)o1. The number of oxazole rings is 1. The zero-order valence-electron chi connectivity index (χ0n) is 8.63. The van der Waals surface area contributed by atoms with Crippen LogP contribution in [0.15, 0.2) is 28.8 Å². The van der Waals surface area contributed by atoms with Crippen molar-refractivity contribution in [1.29, 1.82) is 0 Å². The molecule has 0 amide bonds. The number of hydrogen-bond acceptors (Lipinski definition) is 3. The predicted octanol–water partition coefficient (Wildman–Crippen LogP) is 3.37. The highest BCUT2D eigenvalue weighted by atomic mass is 35.5. The van der Waals surface area contributed by atoms with E-state index in [0.29, 0.717) is 33.8 Å². The molecule has 0 aliphatic carbocycles. The lowest BCUT2D eigenvalue weighted by Gasteiger charge is -2.02. The zero-order chi connectivity index (χ0) is 11.5. The van der Waals surface area contributed by atoms with Crippen LogP contribution < -0.4 is 5.32 Å². The van der Waals surface area contributed by atoms with E-state index in [1.54, 1.807) is 24.4 Å². The Morgan fingerprint density at radius 3 is 2.62 bits per heavy atom. The lowest BCUT2D eigenvalue weighted by Crippen LogP contribution is -2.04. The van der Waals surface area contributed by atoms with E-state index in [1.165, 1.54) is 0 Å². The Morgan fingerprint density at radius 2 is 2.00 bits per heavy atom. The fourth-order valence-electron chi connectivity index (χ4n) is 1.39. The number of benzene rings is 1. The minimum atomic E-state index is 0.555. The van der Waals surface area contributed by atoms with Crippen molar-refractivity contribution in [3.8, 4) is 11.3 Å². The van der Waals surface area contributed by atoms with Crippen molar-refractivity contribution in [2.75, 3.05) is 7.05 Å². The monoisotopic (exact) mass is 256 g/mol. The molecule has 16 heavy (non-hydrogen) atoms. The summed E-state index contributed by atoms with van der Waals surface area (Å²) in [5.74, 6) is 1.19. The lowest BCUT2D eigenvalue weighted by atomic mass is 10.2. The molecule has 2 aromatic rings. The van der Waals surface area contributed by atoms with Gasteiger partial charge in [0.15, 0.2) is 5.76 Å². The first-order valence-corrected chi connectivity index (χ1v) is 5.51. The minimum Gasteiger partial charge on any atom is -0.439 e. The van der Waals surface area contributed by atoms with Crippen LogP contribution in [0.2, 0.25) is 10.0 Å². The van der Waals surface area contributed by atoms with Crippen LogP contribution in [0, 0.1) is 0 Å². The molecule has 0 spiro atoms. The van der Waals surface area contributed by atoms with Gasteiger partial charge in [-0.15, -0.1) is 0 Å². The van der Waals surface area contributed by atoms with E-state index in [0.717, 1.165) is 0 Å². The average molecular weight is 257 g/mol. The fourth-order valence-corrected chi connectivity index (χ4v) is 1.98. The van der Waals surface area contributed by atoms with Gasteiger partial charge in [-0.25, -0.2) is 4.98 Å². The van der Waals surface area contributed by atoms with Gasteiger partial charge in [0.1, 0.15) is 0 Å². The van der Waals surface area contributed by atoms with E-state index in [2.05, 4.69) is 10.3 Å². The van der Waals surface area contributed by atoms with Gasteiger partial charge in [-0.05, 0) is 19.2 Å². The van der Waals surface area contributed by atoms with E-state index in [-0.39, 0.29) is 0 Å². The maximum atomic E-state index is 6.06. The molecule has 0 bridgehead atoms. The van der Waals surface area contributed by atoms with Crippen molar-refractivity contribution in [1.82, 2.24) is 10.3 Å². The Labute approximate surface area is 103 Å². The lowest BCUT2D eigenvalue weighted by molar-refractivity contribution is 0.491. The molecule has 0 saturated heterocycles. The first-order valence-electron chi connectivity index (χ1n) is 4.76. The van der Waals surface area contributed by atoms with Crippen LogP contribution in [-0.4, -0.2) is 12.0 Å². The van der Waals surface area contributed by atoms with Gasteiger partial charge in [0.05, 0.1) is 28.4 Å². The molecule has 0 aliphatic heterocycles. The van der Waals surface area contributed by atoms with E-state index in [4.69, 9.17) is 27.6 Å². The van der Waals surface area contributed by atoms with Gasteiger partial charge in [-0.3, -0.25) is 0 Å². The largest absolute Gasteiger partial charge is 0.439 e. The summed E-state index contributed by atoms with van der Waals surface area (Å²) in [6.45, 7) is 0.571. The van der Waals surface area contributed by atoms with Crippen LogP contribution in [0.5, 0.6) is 0 Å². The molecule has 0 fully saturated rings. The highest BCUT2D eigenvalue weighted by molar-refractivity contribution is 6.39. The van der Waals surface area contributed by atoms with Gasteiger partial charge in [-0.1, -0.05) is 29.3 Å². The zero-order valence-corrected chi connectivity index (χ0v) is 10.1. The van der Waals surface area contributed by atoms with E-state index in [1.807, 2.05) is 7.05 Å². The van der Waals surface area contributed by atoms with Gasteiger partial charge in [0.2, 0.25) is 5.89 Å². The molecule has 1 aromatic heterocycles. The second kappa shape index (κ2) is 4.87. The van der Waals surface area contributed by atoms with Crippen LogP contribution in [0.1, 0.15) is 5.89 Å². The molecule has 0 saturated carbocycles. The number of rotatable bonds is 3. The van der Waals surface area contributed by atoms with Crippen molar-refractivity contribution in [2.24, 2.45) is 0 Å². The fraction of sp³-hybridized carbons (Fsp3) is 0.182. The summed E-state index contributed by atoms with van der Waals surface area (Å²) in [5, 5.41) is 4.07. The molecule has 2 rings (SSSR count). The quantitative estimate of drug-likeness (QED) is 0.916. The third-order valence-corrected chi connectivity index (χ3v) is 2.72. The Morgan fingerprint density at radius 1 is 1.31 bits per heavy atom. The predicted molar refractivity (Wildman–Crippen MR) is 64.7 cm³/mol. The summed E-state index contributed by atoms with van der Waals surface area (Å²) in [7, 11) is 1.83. The molecule has 1 N–H and O–H groups in total. The minimum absolute atomic E-state index is 0.555. The normalized spacial score (nSPS) is 10.7. The smallest absolute Gasteiger partial charge is 0.208 e. The Balaban J connectivity index is 2.42. The van der Waals surface area contributed by atoms with Gasteiger partial charge in [0, 0.05) is 0 Å². The van der Waals surface area contributed by atoms with Crippen LogP contribution in [0.3, 0.4) is 0 Å². The Bertz CT molecular complexity index is 476. The van der Waals surface area contributed by atoms with Crippen molar-refractivity contribution in [3.63, 3.8) is 0 Å². The van der Waals surface area contributed by atoms with E-state index >= 15 is 0 Å².